The third kappa shape index (κ3) is 6.04. The lowest BCUT2D eigenvalue weighted by Gasteiger charge is -2.35. The number of aromatic nitrogens is 4. The van der Waals surface area contributed by atoms with Gasteiger partial charge >= 0.3 is 0 Å². The number of methoxy groups -OCH3 is 1. The summed E-state index contributed by atoms with van der Waals surface area (Å²) < 4.78 is 5.72. The smallest absolute Gasteiger partial charge is 0.218 e. The second-order valence-corrected chi connectivity index (χ2v) is 11.8. The molecule has 0 unspecified atom stereocenters. The van der Waals surface area contributed by atoms with E-state index in [9.17, 15) is 5.11 Å². The number of nitrogens with one attached hydrogen (secondary N) is 1. The van der Waals surface area contributed by atoms with E-state index in [0.717, 1.165) is 77.2 Å². The Morgan fingerprint density at radius 2 is 1.67 bits per heavy atom. The van der Waals surface area contributed by atoms with Gasteiger partial charge in [-0.25, -0.2) is 15.0 Å². The van der Waals surface area contributed by atoms with Gasteiger partial charge in [-0.1, -0.05) is 48.0 Å². The average Bonchev–Trinajstić information content (AvgIpc) is 3.00. The van der Waals surface area contributed by atoms with Crippen molar-refractivity contribution in [2.45, 2.75) is 45.8 Å². The fourth-order valence-electron chi connectivity index (χ4n) is 5.65. The normalized spacial score (nSPS) is 15.0. The highest BCUT2D eigenvalue weighted by molar-refractivity contribution is 6.36. The van der Waals surface area contributed by atoms with E-state index < -0.39 is 5.60 Å². The molecule has 1 aliphatic heterocycles. The first-order valence-electron chi connectivity index (χ1n) is 14.5. The van der Waals surface area contributed by atoms with Crippen LogP contribution in [-0.2, 0) is 6.54 Å². The fourth-order valence-corrected chi connectivity index (χ4v) is 5.97. The van der Waals surface area contributed by atoms with Crippen LogP contribution in [0, 0.1) is 13.8 Å². The fraction of sp³-hybridized carbons (Fsp3) is 0.294. The van der Waals surface area contributed by atoms with Crippen LogP contribution in [0.25, 0.3) is 33.4 Å². The summed E-state index contributed by atoms with van der Waals surface area (Å²) in [5, 5.41) is 14.4. The highest BCUT2D eigenvalue weighted by Gasteiger charge is 2.28. The van der Waals surface area contributed by atoms with Crippen LogP contribution in [0.3, 0.4) is 0 Å². The number of nitrogens with zero attached hydrogens (tertiary/aromatic N) is 5. The van der Waals surface area contributed by atoms with Gasteiger partial charge in [-0.3, -0.25) is 9.88 Å². The Labute approximate surface area is 256 Å². The summed E-state index contributed by atoms with van der Waals surface area (Å²) in [5.41, 5.74) is 7.36. The van der Waals surface area contributed by atoms with Crippen molar-refractivity contribution in [1.29, 1.82) is 0 Å². The van der Waals surface area contributed by atoms with Crippen molar-refractivity contribution in [1.82, 2.24) is 24.8 Å². The maximum absolute atomic E-state index is 10.3. The van der Waals surface area contributed by atoms with Crippen LogP contribution < -0.4 is 10.1 Å². The van der Waals surface area contributed by atoms with E-state index in [1.807, 2.05) is 62.4 Å². The average molecular weight is 595 g/mol. The van der Waals surface area contributed by atoms with Crippen molar-refractivity contribution in [3.63, 3.8) is 0 Å². The zero-order valence-electron chi connectivity index (χ0n) is 24.9. The third-order valence-electron chi connectivity index (χ3n) is 8.18. The number of halogens is 1. The first-order chi connectivity index (χ1) is 20.7. The zero-order valence-corrected chi connectivity index (χ0v) is 25.6. The molecule has 6 rings (SSSR count). The monoisotopic (exact) mass is 594 g/mol. The number of likely N-dealkylation sites (tertiary alicyclic amines) is 1. The van der Waals surface area contributed by atoms with E-state index in [0.29, 0.717) is 28.1 Å². The molecule has 0 saturated carbocycles. The Kier molecular flexibility index (Phi) is 8.01. The summed E-state index contributed by atoms with van der Waals surface area (Å²) in [6, 6.07) is 20.0. The summed E-state index contributed by atoms with van der Waals surface area (Å²) in [4.78, 5) is 20.8. The third-order valence-corrected chi connectivity index (χ3v) is 8.59. The Hall–Kier alpha value is -4.11. The Balaban J connectivity index is 1.30. The summed E-state index contributed by atoms with van der Waals surface area (Å²) in [5.74, 6) is 1.92. The maximum atomic E-state index is 10.3. The first-order valence-corrected chi connectivity index (χ1v) is 14.8. The molecule has 0 bridgehead atoms. The second kappa shape index (κ2) is 11.9. The van der Waals surface area contributed by atoms with Gasteiger partial charge in [0.05, 0.1) is 28.9 Å². The van der Waals surface area contributed by atoms with Gasteiger partial charge in [0.1, 0.15) is 11.3 Å². The number of hydrogen-bond acceptors (Lipinski definition) is 8. The van der Waals surface area contributed by atoms with Crippen LogP contribution in [0.4, 0.5) is 11.5 Å². The molecule has 1 saturated heterocycles. The molecule has 1 aliphatic rings. The molecule has 220 valence electrons. The number of rotatable bonds is 7. The number of ether oxygens (including phenoxy) is 1. The van der Waals surface area contributed by atoms with E-state index in [1.54, 1.807) is 13.3 Å². The Bertz CT molecular complexity index is 1800. The molecule has 9 heteroatoms. The number of aliphatic hydroxyl groups is 1. The standard InChI is InChI=1S/C34H35ClN6O2/c1-21-24(8-6-11-27(21)39-32-31-29(12-7-17-36-31)37-22(2)38-32)25-9-5-10-26(30(25)35)28-14-13-23(33(40-28)43-4)20-41-18-15-34(3,42)16-19-41/h5-14,17,42H,15-16,18-20H2,1-4H3,(H,37,38,39). The number of anilines is 2. The van der Waals surface area contributed by atoms with Crippen molar-refractivity contribution < 1.29 is 9.84 Å². The number of pyridine rings is 2. The van der Waals surface area contributed by atoms with Crippen molar-refractivity contribution in [2.24, 2.45) is 0 Å². The van der Waals surface area contributed by atoms with E-state index in [2.05, 4.69) is 44.2 Å². The maximum Gasteiger partial charge on any atom is 0.218 e. The van der Waals surface area contributed by atoms with Gasteiger partial charge in [0, 0.05) is 48.2 Å². The van der Waals surface area contributed by atoms with Crippen LogP contribution in [0.5, 0.6) is 5.88 Å². The van der Waals surface area contributed by atoms with Crippen molar-refractivity contribution in [2.75, 3.05) is 25.5 Å². The van der Waals surface area contributed by atoms with Crippen LogP contribution in [0.2, 0.25) is 5.02 Å². The first kappa shape index (κ1) is 29.0. The summed E-state index contributed by atoms with van der Waals surface area (Å²) in [6.07, 6.45) is 3.26. The highest BCUT2D eigenvalue weighted by Crippen LogP contribution is 2.40. The van der Waals surface area contributed by atoms with Crippen LogP contribution in [0.1, 0.15) is 36.7 Å². The molecule has 3 aromatic heterocycles. The zero-order chi connectivity index (χ0) is 30.1. The van der Waals surface area contributed by atoms with Crippen LogP contribution >= 0.6 is 11.6 Å². The van der Waals surface area contributed by atoms with E-state index in [1.165, 1.54) is 0 Å². The van der Waals surface area contributed by atoms with E-state index in [-0.39, 0.29) is 0 Å². The van der Waals surface area contributed by atoms with Gasteiger partial charge in [-0.15, -0.1) is 0 Å². The van der Waals surface area contributed by atoms with Gasteiger partial charge < -0.3 is 15.2 Å². The molecule has 4 heterocycles. The largest absolute Gasteiger partial charge is 0.481 e. The number of fused-ring (bicyclic) bond motifs is 1. The lowest BCUT2D eigenvalue weighted by atomic mass is 9.93. The number of aryl methyl sites for hydroxylation is 1. The molecule has 0 aliphatic carbocycles. The van der Waals surface area contributed by atoms with E-state index >= 15 is 0 Å². The van der Waals surface area contributed by atoms with Crippen LogP contribution in [0.15, 0.2) is 66.9 Å². The number of piperidine rings is 1. The predicted molar refractivity (Wildman–Crippen MR) is 172 cm³/mol. The van der Waals surface area contributed by atoms with Gasteiger partial charge in [0.15, 0.2) is 5.82 Å². The van der Waals surface area contributed by atoms with Crippen molar-refractivity contribution >= 4 is 34.1 Å². The number of benzene rings is 2. The minimum Gasteiger partial charge on any atom is -0.481 e. The molecular weight excluding hydrogens is 560 g/mol. The topological polar surface area (TPSA) is 96.3 Å². The van der Waals surface area contributed by atoms with Crippen LogP contribution in [-0.4, -0.2) is 55.7 Å². The van der Waals surface area contributed by atoms with Gasteiger partial charge in [0.25, 0.3) is 0 Å². The molecule has 43 heavy (non-hydrogen) atoms. The molecule has 0 atom stereocenters. The summed E-state index contributed by atoms with van der Waals surface area (Å²) in [6.45, 7) is 8.24. The van der Waals surface area contributed by atoms with Crippen molar-refractivity contribution in [3.8, 4) is 28.3 Å². The lowest BCUT2D eigenvalue weighted by Crippen LogP contribution is -2.42. The molecule has 5 aromatic rings. The molecule has 0 amide bonds. The summed E-state index contributed by atoms with van der Waals surface area (Å²) >= 11 is 7.12. The number of hydrogen-bond donors (Lipinski definition) is 2. The van der Waals surface area contributed by atoms with E-state index in [4.69, 9.17) is 21.3 Å². The van der Waals surface area contributed by atoms with Gasteiger partial charge in [-0.2, -0.15) is 0 Å². The molecular formula is C34H35ClN6O2. The SMILES string of the molecule is COc1nc(-c2cccc(-c3cccc(Nc4nc(C)nc5cccnc45)c3C)c2Cl)ccc1CN1CCC(C)(O)CC1. The Morgan fingerprint density at radius 1 is 0.930 bits per heavy atom. The molecule has 2 N–H and O–H groups in total. The lowest BCUT2D eigenvalue weighted by molar-refractivity contribution is -0.00745. The predicted octanol–water partition coefficient (Wildman–Crippen LogP) is 7.12. The van der Waals surface area contributed by atoms with Gasteiger partial charge in [0.2, 0.25) is 5.88 Å². The highest BCUT2D eigenvalue weighted by atomic mass is 35.5. The minimum absolute atomic E-state index is 0.583. The second-order valence-electron chi connectivity index (χ2n) is 11.4. The minimum atomic E-state index is -0.584. The molecule has 0 radical (unpaired) electrons. The summed E-state index contributed by atoms with van der Waals surface area (Å²) in [7, 11) is 1.65. The quantitative estimate of drug-likeness (QED) is 0.205. The molecule has 8 nitrogen and oxygen atoms in total. The van der Waals surface area contributed by atoms with Gasteiger partial charge in [-0.05, 0) is 69.0 Å². The van der Waals surface area contributed by atoms with Crippen molar-refractivity contribution in [3.05, 3.63) is 88.8 Å². The Morgan fingerprint density at radius 3 is 2.47 bits per heavy atom. The molecule has 1 fully saturated rings. The molecule has 0 spiro atoms. The molecule has 2 aromatic carbocycles.